The molecule has 0 unspecified atom stereocenters. The first-order valence-corrected chi connectivity index (χ1v) is 5.31. The number of hydrogen-bond donors (Lipinski definition) is 1. The lowest BCUT2D eigenvalue weighted by atomic mass is 10.4. The van der Waals surface area contributed by atoms with Crippen molar-refractivity contribution in [1.82, 2.24) is 15.3 Å². The zero-order valence-electron chi connectivity index (χ0n) is 7.88. The number of aromatic nitrogens is 2. The molecule has 0 aromatic carbocycles. The summed E-state index contributed by atoms with van der Waals surface area (Å²) in [5, 5.41) is 4.64. The lowest BCUT2D eigenvalue weighted by Gasteiger charge is -2.01. The molecule has 0 aliphatic carbocycles. The van der Waals surface area contributed by atoms with Crippen LogP contribution in [0.4, 0.5) is 0 Å². The zero-order chi connectivity index (χ0) is 10.5. The lowest BCUT2D eigenvalue weighted by Crippen LogP contribution is -2.22. The van der Waals surface area contributed by atoms with Crippen LogP contribution in [0.15, 0.2) is 36.1 Å². The monoisotopic (exact) mass is 219 g/mol. The number of thiophene rings is 1. The minimum atomic E-state index is -0.0735. The molecule has 1 N–H and O–H groups in total. The molecule has 76 valence electrons. The largest absolute Gasteiger partial charge is 0.346 e. The Morgan fingerprint density at radius 3 is 3.07 bits per heavy atom. The predicted octanol–water partition coefficient (Wildman–Crippen LogP) is 1.47. The van der Waals surface area contributed by atoms with Crippen LogP contribution < -0.4 is 5.32 Å². The molecule has 0 saturated heterocycles. The molecular formula is C10H9N3OS. The molecular weight excluding hydrogens is 210 g/mol. The number of amides is 1. The summed E-state index contributed by atoms with van der Waals surface area (Å²) in [7, 11) is 0. The van der Waals surface area contributed by atoms with E-state index in [1.165, 1.54) is 11.3 Å². The highest BCUT2D eigenvalue weighted by Crippen LogP contribution is 2.07. The topological polar surface area (TPSA) is 54.9 Å². The first-order valence-electron chi connectivity index (χ1n) is 4.43. The van der Waals surface area contributed by atoms with Gasteiger partial charge in [0.2, 0.25) is 0 Å². The molecule has 0 radical (unpaired) electrons. The van der Waals surface area contributed by atoms with Crippen LogP contribution in [0.1, 0.15) is 15.4 Å². The summed E-state index contributed by atoms with van der Waals surface area (Å²) >= 11 is 1.42. The fourth-order valence-corrected chi connectivity index (χ4v) is 1.73. The second-order valence-electron chi connectivity index (χ2n) is 2.86. The Morgan fingerprint density at radius 2 is 2.40 bits per heavy atom. The maximum atomic E-state index is 11.5. The van der Waals surface area contributed by atoms with Gasteiger partial charge in [0.25, 0.3) is 5.91 Å². The number of hydrogen-bond acceptors (Lipinski definition) is 4. The molecule has 15 heavy (non-hydrogen) atoms. The zero-order valence-corrected chi connectivity index (χ0v) is 8.70. The molecule has 0 atom stereocenters. The third-order valence-corrected chi connectivity index (χ3v) is 2.66. The Hall–Kier alpha value is -1.75. The van der Waals surface area contributed by atoms with E-state index in [1.54, 1.807) is 24.7 Å². The number of rotatable bonds is 3. The van der Waals surface area contributed by atoms with Crippen LogP contribution in [-0.2, 0) is 6.54 Å². The second kappa shape index (κ2) is 4.65. The van der Waals surface area contributed by atoms with E-state index in [4.69, 9.17) is 0 Å². The smallest absolute Gasteiger partial charge is 0.261 e. The SMILES string of the molecule is O=C(NCc1cnccn1)c1cccs1. The molecule has 0 aliphatic rings. The van der Waals surface area contributed by atoms with Gasteiger partial charge in [0.1, 0.15) is 0 Å². The van der Waals surface area contributed by atoms with Crippen molar-refractivity contribution in [2.24, 2.45) is 0 Å². The van der Waals surface area contributed by atoms with Gasteiger partial charge >= 0.3 is 0 Å². The maximum Gasteiger partial charge on any atom is 0.261 e. The van der Waals surface area contributed by atoms with Crippen LogP contribution in [0, 0.1) is 0 Å². The number of nitrogens with one attached hydrogen (secondary N) is 1. The van der Waals surface area contributed by atoms with Crippen molar-refractivity contribution >= 4 is 17.2 Å². The van der Waals surface area contributed by atoms with Crippen molar-refractivity contribution in [3.63, 3.8) is 0 Å². The summed E-state index contributed by atoms with van der Waals surface area (Å²) in [4.78, 5) is 20.2. The highest BCUT2D eigenvalue weighted by atomic mass is 32.1. The molecule has 2 rings (SSSR count). The van der Waals surface area contributed by atoms with Crippen LogP contribution >= 0.6 is 11.3 Å². The summed E-state index contributed by atoms with van der Waals surface area (Å²) in [5.74, 6) is -0.0735. The molecule has 2 aromatic heterocycles. The van der Waals surface area contributed by atoms with E-state index in [0.29, 0.717) is 11.4 Å². The third kappa shape index (κ3) is 2.60. The van der Waals surface area contributed by atoms with E-state index >= 15 is 0 Å². The summed E-state index contributed by atoms with van der Waals surface area (Å²) in [6, 6.07) is 3.64. The number of nitrogens with zero attached hydrogens (tertiary/aromatic N) is 2. The predicted molar refractivity (Wildman–Crippen MR) is 57.5 cm³/mol. The van der Waals surface area contributed by atoms with Gasteiger partial charge in [0, 0.05) is 12.4 Å². The lowest BCUT2D eigenvalue weighted by molar-refractivity contribution is 0.0954. The van der Waals surface area contributed by atoms with Gasteiger partial charge in [-0.2, -0.15) is 0 Å². The average molecular weight is 219 g/mol. The summed E-state index contributed by atoms with van der Waals surface area (Å²) in [5.41, 5.74) is 0.752. The highest BCUT2D eigenvalue weighted by molar-refractivity contribution is 7.12. The Bertz CT molecular complexity index is 427. The first kappa shape index (κ1) is 9.79. The maximum absolute atomic E-state index is 11.5. The Kier molecular flexibility index (Phi) is 3.04. The van der Waals surface area contributed by atoms with Gasteiger partial charge in [-0.1, -0.05) is 6.07 Å². The molecule has 0 saturated carbocycles. The van der Waals surface area contributed by atoms with Gasteiger partial charge in [-0.25, -0.2) is 0 Å². The Labute approximate surface area is 91.0 Å². The summed E-state index contributed by atoms with van der Waals surface area (Å²) in [6.07, 6.45) is 4.84. The van der Waals surface area contributed by atoms with Gasteiger partial charge in [-0.15, -0.1) is 11.3 Å². The molecule has 4 nitrogen and oxygen atoms in total. The summed E-state index contributed by atoms with van der Waals surface area (Å²) in [6.45, 7) is 0.407. The second-order valence-corrected chi connectivity index (χ2v) is 3.80. The molecule has 2 heterocycles. The third-order valence-electron chi connectivity index (χ3n) is 1.79. The first-order chi connectivity index (χ1) is 7.36. The van der Waals surface area contributed by atoms with Crippen LogP contribution in [-0.4, -0.2) is 15.9 Å². The van der Waals surface area contributed by atoms with Crippen LogP contribution in [0.5, 0.6) is 0 Å². The van der Waals surface area contributed by atoms with Crippen molar-refractivity contribution in [3.8, 4) is 0 Å². The minimum Gasteiger partial charge on any atom is -0.346 e. The van der Waals surface area contributed by atoms with Gasteiger partial charge in [0.15, 0.2) is 0 Å². The molecule has 0 spiro atoms. The summed E-state index contributed by atoms with van der Waals surface area (Å²) < 4.78 is 0. The minimum absolute atomic E-state index is 0.0735. The highest BCUT2D eigenvalue weighted by Gasteiger charge is 2.05. The number of carbonyl (C=O) groups excluding carboxylic acids is 1. The van der Waals surface area contributed by atoms with Crippen molar-refractivity contribution in [2.75, 3.05) is 0 Å². The molecule has 0 fully saturated rings. The molecule has 5 heteroatoms. The van der Waals surface area contributed by atoms with Gasteiger partial charge < -0.3 is 5.32 Å². The van der Waals surface area contributed by atoms with E-state index in [1.807, 2.05) is 11.4 Å². The molecule has 1 amide bonds. The van der Waals surface area contributed by atoms with E-state index in [9.17, 15) is 4.79 Å². The van der Waals surface area contributed by atoms with E-state index < -0.39 is 0 Å². The van der Waals surface area contributed by atoms with E-state index in [-0.39, 0.29) is 5.91 Å². The molecule has 0 bridgehead atoms. The molecule has 0 aliphatic heterocycles. The number of carbonyl (C=O) groups is 1. The Balaban J connectivity index is 1.92. The fourth-order valence-electron chi connectivity index (χ4n) is 1.09. The normalized spacial score (nSPS) is 9.87. The molecule has 2 aromatic rings. The van der Waals surface area contributed by atoms with E-state index in [0.717, 1.165) is 5.69 Å². The van der Waals surface area contributed by atoms with Crippen molar-refractivity contribution in [2.45, 2.75) is 6.54 Å². The van der Waals surface area contributed by atoms with Crippen LogP contribution in [0.2, 0.25) is 0 Å². The van der Waals surface area contributed by atoms with Crippen LogP contribution in [0.3, 0.4) is 0 Å². The van der Waals surface area contributed by atoms with Crippen molar-refractivity contribution < 1.29 is 4.79 Å². The van der Waals surface area contributed by atoms with Gasteiger partial charge in [-0.05, 0) is 11.4 Å². The van der Waals surface area contributed by atoms with E-state index in [2.05, 4.69) is 15.3 Å². The standard InChI is InChI=1S/C10H9N3OS/c14-10(9-2-1-5-15-9)13-7-8-6-11-3-4-12-8/h1-6H,7H2,(H,13,14). The van der Waals surface area contributed by atoms with Gasteiger partial charge in [0.05, 0.1) is 23.3 Å². The van der Waals surface area contributed by atoms with Crippen LogP contribution in [0.25, 0.3) is 0 Å². The fraction of sp³-hybridized carbons (Fsp3) is 0.100. The quantitative estimate of drug-likeness (QED) is 0.850. The van der Waals surface area contributed by atoms with Crippen molar-refractivity contribution in [1.29, 1.82) is 0 Å². The van der Waals surface area contributed by atoms with Crippen molar-refractivity contribution in [3.05, 3.63) is 46.7 Å². The van der Waals surface area contributed by atoms with Gasteiger partial charge in [-0.3, -0.25) is 14.8 Å². The average Bonchev–Trinajstić information content (AvgIpc) is 2.81. The Morgan fingerprint density at radius 1 is 1.47 bits per heavy atom.